The highest BCUT2D eigenvalue weighted by molar-refractivity contribution is 5.45. The number of methoxy groups -OCH3 is 1. The third-order valence-corrected chi connectivity index (χ3v) is 2.75. The molecule has 1 unspecified atom stereocenters. The van der Waals surface area contributed by atoms with Gasteiger partial charge in [-0.15, -0.1) is 0 Å². The van der Waals surface area contributed by atoms with Crippen LogP contribution in [0, 0.1) is 11.7 Å². The predicted octanol–water partition coefficient (Wildman–Crippen LogP) is 2.66. The zero-order valence-electron chi connectivity index (χ0n) is 8.87. The van der Waals surface area contributed by atoms with E-state index in [0.29, 0.717) is 18.2 Å². The summed E-state index contributed by atoms with van der Waals surface area (Å²) in [6, 6.07) is 7.01. The van der Waals surface area contributed by atoms with E-state index in [1.807, 2.05) is 6.07 Å². The second kappa shape index (κ2) is 4.62. The van der Waals surface area contributed by atoms with Crippen molar-refractivity contribution in [1.82, 2.24) is 0 Å². The fraction of sp³-hybridized carbons (Fsp3) is 0.500. The van der Waals surface area contributed by atoms with Gasteiger partial charge in [-0.25, -0.2) is 4.39 Å². The molecule has 0 bridgehead atoms. The van der Waals surface area contributed by atoms with Gasteiger partial charge in [0.2, 0.25) is 0 Å². The molecule has 1 saturated carbocycles. The molecule has 1 aliphatic rings. The third-order valence-electron chi connectivity index (χ3n) is 2.75. The molecule has 0 saturated heterocycles. The summed E-state index contributed by atoms with van der Waals surface area (Å²) in [6.07, 6.45) is 2.44. The van der Waals surface area contributed by atoms with Crippen LogP contribution in [0.1, 0.15) is 12.8 Å². The minimum atomic E-state index is -0.195. The van der Waals surface area contributed by atoms with Crippen molar-refractivity contribution in [3.63, 3.8) is 0 Å². The van der Waals surface area contributed by atoms with Crippen molar-refractivity contribution >= 4 is 5.69 Å². The number of hydrogen-bond donors (Lipinski definition) is 1. The molecular weight excluding hydrogens is 193 g/mol. The van der Waals surface area contributed by atoms with Crippen molar-refractivity contribution in [2.45, 2.75) is 18.9 Å². The minimum absolute atomic E-state index is 0.195. The smallest absolute Gasteiger partial charge is 0.146 e. The number of ether oxygens (including phenoxy) is 1. The van der Waals surface area contributed by atoms with Gasteiger partial charge in [0.25, 0.3) is 0 Å². The molecule has 0 amide bonds. The normalized spacial score (nSPS) is 17.5. The van der Waals surface area contributed by atoms with E-state index in [9.17, 15) is 4.39 Å². The molecule has 1 N–H and O–H groups in total. The summed E-state index contributed by atoms with van der Waals surface area (Å²) in [4.78, 5) is 0. The quantitative estimate of drug-likeness (QED) is 0.805. The summed E-state index contributed by atoms with van der Waals surface area (Å²) >= 11 is 0. The summed E-state index contributed by atoms with van der Waals surface area (Å²) in [6.45, 7) is 0.638. The number of halogens is 1. The maximum atomic E-state index is 13.4. The van der Waals surface area contributed by atoms with Gasteiger partial charge in [-0.05, 0) is 30.9 Å². The number of hydrogen-bond acceptors (Lipinski definition) is 2. The SMILES string of the molecule is COCC(Nc1ccccc1F)C1CC1. The fourth-order valence-electron chi connectivity index (χ4n) is 1.75. The number of para-hydroxylation sites is 1. The van der Waals surface area contributed by atoms with Crippen LogP contribution in [0.5, 0.6) is 0 Å². The largest absolute Gasteiger partial charge is 0.383 e. The summed E-state index contributed by atoms with van der Waals surface area (Å²) in [5.74, 6) is 0.448. The molecule has 0 aliphatic heterocycles. The van der Waals surface area contributed by atoms with Gasteiger partial charge in [-0.2, -0.15) is 0 Å². The summed E-state index contributed by atoms with van der Waals surface area (Å²) < 4.78 is 18.5. The van der Waals surface area contributed by atoms with Gasteiger partial charge in [-0.3, -0.25) is 0 Å². The molecule has 82 valence electrons. The highest BCUT2D eigenvalue weighted by atomic mass is 19.1. The summed E-state index contributed by atoms with van der Waals surface area (Å²) in [5, 5.41) is 3.21. The van der Waals surface area contributed by atoms with Gasteiger partial charge >= 0.3 is 0 Å². The standard InChI is InChI=1S/C12H16FNO/c1-15-8-12(9-6-7-9)14-11-5-3-2-4-10(11)13/h2-5,9,12,14H,6-8H2,1H3. The fourth-order valence-corrected chi connectivity index (χ4v) is 1.75. The van der Waals surface area contributed by atoms with Crippen molar-refractivity contribution < 1.29 is 9.13 Å². The van der Waals surface area contributed by atoms with Crippen molar-refractivity contribution in [3.8, 4) is 0 Å². The molecule has 2 nitrogen and oxygen atoms in total. The van der Waals surface area contributed by atoms with Crippen molar-refractivity contribution in [3.05, 3.63) is 30.1 Å². The summed E-state index contributed by atoms with van der Waals surface area (Å²) in [7, 11) is 1.68. The molecule has 15 heavy (non-hydrogen) atoms. The van der Waals surface area contributed by atoms with Crippen LogP contribution in [0.4, 0.5) is 10.1 Å². The summed E-state index contributed by atoms with van der Waals surface area (Å²) in [5.41, 5.74) is 0.575. The first kappa shape index (κ1) is 10.4. The number of anilines is 1. The van der Waals surface area contributed by atoms with Gasteiger partial charge in [0.1, 0.15) is 5.82 Å². The van der Waals surface area contributed by atoms with Crippen LogP contribution in [0.15, 0.2) is 24.3 Å². The molecule has 0 spiro atoms. The number of nitrogens with one attached hydrogen (secondary N) is 1. The van der Waals surface area contributed by atoms with E-state index in [1.54, 1.807) is 19.2 Å². The lowest BCUT2D eigenvalue weighted by Crippen LogP contribution is -2.27. The monoisotopic (exact) mass is 209 g/mol. The lowest BCUT2D eigenvalue weighted by Gasteiger charge is -2.18. The van der Waals surface area contributed by atoms with E-state index in [-0.39, 0.29) is 11.9 Å². The highest BCUT2D eigenvalue weighted by Gasteiger charge is 2.31. The van der Waals surface area contributed by atoms with E-state index in [1.165, 1.54) is 18.9 Å². The van der Waals surface area contributed by atoms with Gasteiger partial charge in [0.05, 0.1) is 18.3 Å². The first-order chi connectivity index (χ1) is 7.31. The van der Waals surface area contributed by atoms with Crippen LogP contribution in [0.2, 0.25) is 0 Å². The van der Waals surface area contributed by atoms with E-state index >= 15 is 0 Å². The van der Waals surface area contributed by atoms with Crippen molar-refractivity contribution in [1.29, 1.82) is 0 Å². The van der Waals surface area contributed by atoms with Crippen LogP contribution in [-0.4, -0.2) is 19.8 Å². The topological polar surface area (TPSA) is 21.3 Å². The Bertz CT molecular complexity index is 325. The Morgan fingerprint density at radius 3 is 2.80 bits per heavy atom. The molecule has 1 aromatic rings. The van der Waals surface area contributed by atoms with Crippen LogP contribution in [-0.2, 0) is 4.74 Å². The molecule has 2 rings (SSSR count). The second-order valence-corrected chi connectivity index (χ2v) is 4.02. The van der Waals surface area contributed by atoms with E-state index in [0.717, 1.165) is 0 Å². The first-order valence-corrected chi connectivity index (χ1v) is 5.31. The molecule has 0 heterocycles. The van der Waals surface area contributed by atoms with E-state index < -0.39 is 0 Å². The molecule has 1 aromatic carbocycles. The molecule has 0 radical (unpaired) electrons. The highest BCUT2D eigenvalue weighted by Crippen LogP contribution is 2.34. The molecule has 1 atom stereocenters. The Morgan fingerprint density at radius 2 is 2.20 bits per heavy atom. The predicted molar refractivity (Wildman–Crippen MR) is 58.4 cm³/mol. The Labute approximate surface area is 89.4 Å². The van der Waals surface area contributed by atoms with E-state index in [4.69, 9.17) is 4.74 Å². The Hall–Kier alpha value is -1.09. The van der Waals surface area contributed by atoms with E-state index in [2.05, 4.69) is 5.32 Å². The number of benzene rings is 1. The van der Waals surface area contributed by atoms with Gasteiger partial charge < -0.3 is 10.1 Å². The van der Waals surface area contributed by atoms with Crippen molar-refractivity contribution in [2.24, 2.45) is 5.92 Å². The third kappa shape index (κ3) is 2.69. The molecule has 1 aliphatic carbocycles. The minimum Gasteiger partial charge on any atom is -0.383 e. The zero-order chi connectivity index (χ0) is 10.7. The van der Waals surface area contributed by atoms with Crippen LogP contribution < -0.4 is 5.32 Å². The van der Waals surface area contributed by atoms with Crippen LogP contribution in [0.3, 0.4) is 0 Å². The first-order valence-electron chi connectivity index (χ1n) is 5.31. The van der Waals surface area contributed by atoms with Gasteiger partial charge in [-0.1, -0.05) is 12.1 Å². The van der Waals surface area contributed by atoms with Crippen LogP contribution in [0.25, 0.3) is 0 Å². The molecule has 3 heteroatoms. The van der Waals surface area contributed by atoms with Gasteiger partial charge in [0.15, 0.2) is 0 Å². The van der Waals surface area contributed by atoms with Crippen molar-refractivity contribution in [2.75, 3.05) is 19.0 Å². The van der Waals surface area contributed by atoms with Crippen LogP contribution >= 0.6 is 0 Å². The average molecular weight is 209 g/mol. The zero-order valence-corrected chi connectivity index (χ0v) is 8.87. The maximum absolute atomic E-state index is 13.4. The van der Waals surface area contributed by atoms with Gasteiger partial charge in [0, 0.05) is 7.11 Å². The maximum Gasteiger partial charge on any atom is 0.146 e. The molecule has 0 aromatic heterocycles. The molecule has 1 fully saturated rings. The Morgan fingerprint density at radius 1 is 1.47 bits per heavy atom. The Balaban J connectivity index is 2.02. The average Bonchev–Trinajstić information content (AvgIpc) is 3.04. The lowest BCUT2D eigenvalue weighted by molar-refractivity contribution is 0.179. The Kier molecular flexibility index (Phi) is 3.21. The molecular formula is C12H16FNO. The lowest BCUT2D eigenvalue weighted by atomic mass is 10.2. The second-order valence-electron chi connectivity index (χ2n) is 4.02. The number of rotatable bonds is 5.